The van der Waals surface area contributed by atoms with Crippen LogP contribution < -0.4 is 18.6 Å². The average molecular weight is 528 g/mol. The second-order valence-corrected chi connectivity index (χ2v) is 9.41. The normalized spacial score (nSPS) is 11.7. The standard InChI is InChI=1S/C31H26NO.ClHO4/c1-32(2)21-13-5-10-20-27-25-18-11-12-19-26(25)30-28(23-14-6-3-7-15-23)22-29(33-31(27)30)24-16-8-4-9-17-24;2-1(3,4)5/h3-22H,1-2H3;(H,2,3,4,5)/q+1;/p-1/b13-5+,20-10+;. The summed E-state index contributed by atoms with van der Waals surface area (Å²) in [7, 11) is -0.914. The van der Waals surface area contributed by atoms with E-state index in [0.717, 1.165) is 28.2 Å². The van der Waals surface area contributed by atoms with Gasteiger partial charge in [0.2, 0.25) is 0 Å². The van der Waals surface area contributed by atoms with Crippen LogP contribution in [0.3, 0.4) is 0 Å². The van der Waals surface area contributed by atoms with Gasteiger partial charge in [0.15, 0.2) is 6.21 Å². The molecule has 0 N–H and O–H groups in total. The molecule has 0 amide bonds. The number of hydrogen-bond acceptors (Lipinski definition) is 5. The van der Waals surface area contributed by atoms with Gasteiger partial charge in [-0.3, -0.25) is 0 Å². The van der Waals surface area contributed by atoms with Gasteiger partial charge in [-0.25, -0.2) is 23.2 Å². The Morgan fingerprint density at radius 3 is 1.84 bits per heavy atom. The molecule has 5 rings (SSSR count). The number of hydrogen-bond donors (Lipinski definition) is 0. The Bertz CT molecular complexity index is 1560. The molecule has 1 aliphatic heterocycles. The van der Waals surface area contributed by atoms with Crippen molar-refractivity contribution in [1.29, 1.82) is 0 Å². The number of fused-ring (bicyclic) bond motifs is 3. The summed E-state index contributed by atoms with van der Waals surface area (Å²) in [5.41, 5.74) is 5.69. The van der Waals surface area contributed by atoms with Gasteiger partial charge in [-0.1, -0.05) is 103 Å². The minimum absolute atomic E-state index is 0.864. The van der Waals surface area contributed by atoms with Crippen molar-refractivity contribution in [3.8, 4) is 33.8 Å². The largest absolute Gasteiger partial charge is 0.455 e. The van der Waals surface area contributed by atoms with Crippen molar-refractivity contribution in [3.05, 3.63) is 115 Å². The Morgan fingerprint density at radius 2 is 1.24 bits per heavy atom. The molecule has 7 heteroatoms. The molecule has 192 valence electrons. The van der Waals surface area contributed by atoms with Crippen molar-refractivity contribution in [3.63, 3.8) is 0 Å². The second kappa shape index (κ2) is 12.0. The van der Waals surface area contributed by atoms with E-state index in [-0.39, 0.29) is 0 Å². The van der Waals surface area contributed by atoms with E-state index in [1.165, 1.54) is 21.9 Å². The molecule has 3 aromatic carbocycles. The third-order valence-corrected chi connectivity index (χ3v) is 5.73. The zero-order valence-corrected chi connectivity index (χ0v) is 21.7. The summed E-state index contributed by atoms with van der Waals surface area (Å²) in [4.78, 5) is 0. The highest BCUT2D eigenvalue weighted by molar-refractivity contribution is 6.12. The Kier molecular flexibility index (Phi) is 8.53. The topological polar surface area (TPSA) is 108 Å². The molecule has 2 aliphatic rings. The summed E-state index contributed by atoms with van der Waals surface area (Å²) in [5, 5.41) is 2.40. The molecule has 38 heavy (non-hydrogen) atoms. The van der Waals surface area contributed by atoms with E-state index in [2.05, 4.69) is 84.9 Å². The van der Waals surface area contributed by atoms with Crippen LogP contribution in [0.2, 0.25) is 0 Å². The lowest BCUT2D eigenvalue weighted by Crippen LogP contribution is -2.68. The Morgan fingerprint density at radius 1 is 0.684 bits per heavy atom. The molecule has 0 bridgehead atoms. The molecule has 0 atom stereocenters. The molecular formula is C31H26ClNO5. The minimum atomic E-state index is -4.94. The molecule has 0 spiro atoms. The van der Waals surface area contributed by atoms with E-state index in [4.69, 9.17) is 23.1 Å². The van der Waals surface area contributed by atoms with Crippen molar-refractivity contribution in [2.24, 2.45) is 0 Å². The van der Waals surface area contributed by atoms with Gasteiger partial charge in [0.1, 0.15) is 25.6 Å². The fourth-order valence-corrected chi connectivity index (χ4v) is 4.22. The zero-order valence-electron chi connectivity index (χ0n) is 20.9. The van der Waals surface area contributed by atoms with E-state index < -0.39 is 10.2 Å². The van der Waals surface area contributed by atoms with Crippen LogP contribution in [0.4, 0.5) is 0 Å². The van der Waals surface area contributed by atoms with Crippen LogP contribution in [0.15, 0.2) is 114 Å². The van der Waals surface area contributed by atoms with E-state index >= 15 is 0 Å². The summed E-state index contributed by atoms with van der Waals surface area (Å²) in [6.07, 6.45) is 10.3. The second-order valence-electron chi connectivity index (χ2n) is 8.65. The maximum atomic E-state index is 8.49. The fraction of sp³-hybridized carbons (Fsp3) is 0.0645. The average Bonchev–Trinajstić information content (AvgIpc) is 3.21. The third-order valence-electron chi connectivity index (χ3n) is 5.73. The van der Waals surface area contributed by atoms with Crippen molar-refractivity contribution in [2.45, 2.75) is 0 Å². The summed E-state index contributed by atoms with van der Waals surface area (Å²) in [6, 6.07) is 31.6. The van der Waals surface area contributed by atoms with Gasteiger partial charge in [-0.05, 0) is 28.0 Å². The predicted molar refractivity (Wildman–Crippen MR) is 140 cm³/mol. The van der Waals surface area contributed by atoms with Crippen LogP contribution in [-0.2, 0) is 0 Å². The molecular weight excluding hydrogens is 502 g/mol. The summed E-state index contributed by atoms with van der Waals surface area (Å²) in [6.45, 7) is 0. The first-order chi connectivity index (χ1) is 18.2. The molecule has 0 aromatic heterocycles. The SMILES string of the molecule is C[N+](C)=C/C=C/C=C/c1c2oc(-c3ccccc3)cc(-c3ccccc3)c-2c2ccccc12.[O-][Cl+3]([O-])([O-])[O-]. The van der Waals surface area contributed by atoms with E-state index in [9.17, 15) is 0 Å². The first kappa shape index (κ1) is 27.0. The van der Waals surface area contributed by atoms with Crippen LogP contribution >= 0.6 is 0 Å². The summed E-state index contributed by atoms with van der Waals surface area (Å²) in [5.74, 6) is 1.78. The lowest BCUT2D eigenvalue weighted by Gasteiger charge is -2.17. The zero-order chi connectivity index (χ0) is 27.1. The monoisotopic (exact) mass is 527 g/mol. The Balaban J connectivity index is 0.000000617. The maximum Gasteiger partial charge on any atom is 0.162 e. The van der Waals surface area contributed by atoms with Crippen LogP contribution in [-0.4, -0.2) is 24.9 Å². The highest BCUT2D eigenvalue weighted by Gasteiger charge is 2.24. The van der Waals surface area contributed by atoms with Gasteiger partial charge in [-0.2, -0.15) is 0 Å². The first-order valence-electron chi connectivity index (χ1n) is 11.8. The minimum Gasteiger partial charge on any atom is -0.455 e. The van der Waals surface area contributed by atoms with E-state index in [1.807, 2.05) is 55.2 Å². The van der Waals surface area contributed by atoms with Gasteiger partial charge in [0.25, 0.3) is 0 Å². The molecule has 1 aliphatic carbocycles. The molecule has 3 aromatic rings. The van der Waals surface area contributed by atoms with Crippen molar-refractivity contribution in [1.82, 2.24) is 0 Å². The summed E-state index contributed by atoms with van der Waals surface area (Å²) < 4.78 is 42.6. The van der Waals surface area contributed by atoms with Gasteiger partial charge in [-0.15, -0.1) is 10.2 Å². The highest BCUT2D eigenvalue weighted by Crippen LogP contribution is 2.47. The number of rotatable bonds is 5. The maximum absolute atomic E-state index is 8.49. The van der Waals surface area contributed by atoms with Gasteiger partial charge >= 0.3 is 0 Å². The Hall–Kier alpha value is -4.04. The van der Waals surface area contributed by atoms with Crippen LogP contribution in [0.1, 0.15) is 5.56 Å². The van der Waals surface area contributed by atoms with E-state index in [0.29, 0.717) is 0 Å². The number of halogens is 1. The van der Waals surface area contributed by atoms with E-state index in [1.54, 1.807) is 0 Å². The number of nitrogens with zero attached hydrogens (tertiary/aromatic N) is 1. The van der Waals surface area contributed by atoms with Crippen molar-refractivity contribution in [2.75, 3.05) is 14.1 Å². The molecule has 1 heterocycles. The van der Waals surface area contributed by atoms with Crippen LogP contribution in [0.5, 0.6) is 0 Å². The predicted octanol–water partition coefficient (Wildman–Crippen LogP) is 3.03. The lowest BCUT2D eigenvalue weighted by molar-refractivity contribution is -2.00. The van der Waals surface area contributed by atoms with Crippen LogP contribution in [0.25, 0.3) is 50.6 Å². The van der Waals surface area contributed by atoms with Gasteiger partial charge < -0.3 is 4.42 Å². The van der Waals surface area contributed by atoms with Crippen molar-refractivity contribution >= 4 is 23.1 Å². The third kappa shape index (κ3) is 6.83. The molecule has 0 unspecified atom stereocenters. The lowest BCUT2D eigenvalue weighted by atomic mass is 9.96. The molecule has 0 saturated heterocycles. The Labute approximate surface area is 223 Å². The summed E-state index contributed by atoms with van der Waals surface area (Å²) >= 11 is 0. The fourth-order valence-electron chi connectivity index (χ4n) is 4.22. The highest BCUT2D eigenvalue weighted by atomic mass is 35.7. The van der Waals surface area contributed by atoms with Gasteiger partial charge in [0.05, 0.1) is 0 Å². The first-order valence-corrected chi connectivity index (χ1v) is 13.0. The van der Waals surface area contributed by atoms with Crippen LogP contribution in [0, 0.1) is 10.2 Å². The van der Waals surface area contributed by atoms with Gasteiger partial charge in [0, 0.05) is 22.8 Å². The smallest absolute Gasteiger partial charge is 0.162 e. The number of benzene rings is 3. The molecule has 0 saturated carbocycles. The quantitative estimate of drug-likeness (QED) is 0.198. The molecule has 0 radical (unpaired) electrons. The molecule has 0 fully saturated rings. The van der Waals surface area contributed by atoms with Crippen molar-refractivity contribution < 1.29 is 37.9 Å². The molecule has 6 nitrogen and oxygen atoms in total. The number of allylic oxidation sites excluding steroid dienone is 3.